The number of nitrogens with zero attached hydrogens (tertiary/aromatic N) is 1. The molecule has 2 nitrogen and oxygen atoms in total. The molecule has 0 aliphatic rings. The summed E-state index contributed by atoms with van der Waals surface area (Å²) in [5, 5.41) is 0. The predicted molar refractivity (Wildman–Crippen MR) is 28.9 cm³/mol. The van der Waals surface area contributed by atoms with Crippen molar-refractivity contribution in [1.82, 2.24) is 4.90 Å². The minimum Gasteiger partial charge on any atom is -0.383 e. The molecule has 0 aromatic rings. The fourth-order valence-corrected chi connectivity index (χ4v) is 0.208. The number of hydrogen-bond donors (Lipinski definition) is 0. The second-order valence-electron chi connectivity index (χ2n) is 1.58. The average molecular weight is 117 g/mol. The molecule has 0 rings (SSSR count). The highest BCUT2D eigenvalue weighted by atomic mass is 19.1. The van der Waals surface area contributed by atoms with Gasteiger partial charge in [0.05, 0.1) is 0 Å². The maximum atomic E-state index is 11.3. The van der Waals surface area contributed by atoms with Crippen molar-refractivity contribution in [1.29, 1.82) is 0 Å². The Morgan fingerprint density at radius 3 is 2.25 bits per heavy atom. The second kappa shape index (κ2) is 3.18. The average Bonchev–Trinajstić information content (AvgIpc) is 1.61. The molecule has 0 atom stereocenters. The highest BCUT2D eigenvalue weighted by molar-refractivity contribution is 5.80. The first-order valence-electron chi connectivity index (χ1n) is 2.17. The third-order valence-electron chi connectivity index (χ3n) is 0.504. The highest BCUT2D eigenvalue weighted by Gasteiger charge is 1.85. The van der Waals surface area contributed by atoms with Crippen LogP contribution in [0.3, 0.4) is 0 Å². The molecule has 0 aromatic carbocycles. The van der Waals surface area contributed by atoms with Gasteiger partial charge in [-0.25, -0.2) is 0 Å². The SMILES string of the molecule is CN(C)/C=C/C(=O)F. The zero-order valence-corrected chi connectivity index (χ0v) is 4.89. The first-order valence-corrected chi connectivity index (χ1v) is 2.17. The van der Waals surface area contributed by atoms with Crippen LogP contribution >= 0.6 is 0 Å². The minimum atomic E-state index is -1.42. The van der Waals surface area contributed by atoms with Crippen molar-refractivity contribution in [3.8, 4) is 0 Å². The summed E-state index contributed by atoms with van der Waals surface area (Å²) in [6, 6.07) is -1.42. The quantitative estimate of drug-likeness (QED) is 0.389. The lowest BCUT2D eigenvalue weighted by Crippen LogP contribution is -2.00. The van der Waals surface area contributed by atoms with E-state index in [-0.39, 0.29) is 0 Å². The summed E-state index contributed by atoms with van der Waals surface area (Å²) < 4.78 is 11.3. The van der Waals surface area contributed by atoms with Gasteiger partial charge in [0.2, 0.25) is 0 Å². The Labute approximate surface area is 47.6 Å². The number of rotatable bonds is 2. The summed E-state index contributed by atoms with van der Waals surface area (Å²) in [5.41, 5.74) is 0. The monoisotopic (exact) mass is 117 g/mol. The van der Waals surface area contributed by atoms with Gasteiger partial charge in [0.1, 0.15) is 0 Å². The summed E-state index contributed by atoms with van der Waals surface area (Å²) in [5.74, 6) is 0. The van der Waals surface area contributed by atoms with E-state index >= 15 is 0 Å². The third-order valence-corrected chi connectivity index (χ3v) is 0.504. The molecule has 0 amide bonds. The number of carbonyl (C=O) groups is 1. The summed E-state index contributed by atoms with van der Waals surface area (Å²) in [7, 11) is 3.42. The van der Waals surface area contributed by atoms with Crippen LogP contribution in [0.4, 0.5) is 4.39 Å². The zero-order chi connectivity index (χ0) is 6.57. The maximum Gasteiger partial charge on any atom is 0.326 e. The third kappa shape index (κ3) is 5.14. The van der Waals surface area contributed by atoms with E-state index in [1.165, 1.54) is 6.20 Å². The Morgan fingerprint density at radius 1 is 1.62 bits per heavy atom. The lowest BCUT2D eigenvalue weighted by Gasteiger charge is -1.99. The minimum absolute atomic E-state index is 0.861. The molecule has 0 N–H and O–H groups in total. The zero-order valence-electron chi connectivity index (χ0n) is 4.89. The van der Waals surface area contributed by atoms with Crippen molar-refractivity contribution >= 4 is 6.04 Å². The molecule has 3 heteroatoms. The van der Waals surface area contributed by atoms with Gasteiger partial charge in [-0.3, -0.25) is 4.79 Å². The standard InChI is InChI=1S/C5H8FNO/c1-7(2)4-3-5(6)8/h3-4H,1-2H3/b4-3+. The van der Waals surface area contributed by atoms with E-state index in [1.54, 1.807) is 19.0 Å². The smallest absolute Gasteiger partial charge is 0.326 e. The molecule has 0 fully saturated rings. The predicted octanol–water partition coefficient (Wildman–Crippen LogP) is 0.558. The van der Waals surface area contributed by atoms with Crippen molar-refractivity contribution in [3.63, 3.8) is 0 Å². The number of carbonyl (C=O) groups excluding carboxylic acids is 1. The Hall–Kier alpha value is -0.860. The maximum absolute atomic E-state index is 11.3. The molecule has 0 bridgehead atoms. The topological polar surface area (TPSA) is 20.3 Å². The fraction of sp³-hybridized carbons (Fsp3) is 0.400. The summed E-state index contributed by atoms with van der Waals surface area (Å²) in [4.78, 5) is 11.1. The Morgan fingerprint density at radius 2 is 2.12 bits per heavy atom. The molecule has 0 saturated carbocycles. The van der Waals surface area contributed by atoms with Crippen LogP contribution in [0.1, 0.15) is 0 Å². The van der Waals surface area contributed by atoms with E-state index in [0.29, 0.717) is 0 Å². The fourth-order valence-electron chi connectivity index (χ4n) is 0.208. The van der Waals surface area contributed by atoms with Gasteiger partial charge in [0, 0.05) is 26.4 Å². The van der Waals surface area contributed by atoms with Crippen molar-refractivity contribution in [2.24, 2.45) is 0 Å². The van der Waals surface area contributed by atoms with Gasteiger partial charge >= 0.3 is 6.04 Å². The van der Waals surface area contributed by atoms with Crippen molar-refractivity contribution in [2.75, 3.05) is 14.1 Å². The first-order chi connectivity index (χ1) is 3.63. The largest absolute Gasteiger partial charge is 0.383 e. The van der Waals surface area contributed by atoms with Crippen LogP contribution in [-0.4, -0.2) is 25.0 Å². The van der Waals surface area contributed by atoms with Gasteiger partial charge in [-0.2, -0.15) is 4.39 Å². The molecule has 0 unspecified atom stereocenters. The Kier molecular flexibility index (Phi) is 2.84. The van der Waals surface area contributed by atoms with Gasteiger partial charge in [0.25, 0.3) is 0 Å². The molecular formula is C5H8FNO. The van der Waals surface area contributed by atoms with Crippen LogP contribution in [0.25, 0.3) is 0 Å². The molecule has 0 spiro atoms. The van der Waals surface area contributed by atoms with Crippen LogP contribution in [0.2, 0.25) is 0 Å². The van der Waals surface area contributed by atoms with Crippen LogP contribution in [0.5, 0.6) is 0 Å². The molecule has 8 heavy (non-hydrogen) atoms. The van der Waals surface area contributed by atoms with Crippen LogP contribution < -0.4 is 0 Å². The normalized spacial score (nSPS) is 9.88. The van der Waals surface area contributed by atoms with E-state index in [2.05, 4.69) is 0 Å². The molecule has 0 heterocycles. The molecule has 0 aromatic heterocycles. The Balaban J connectivity index is 3.50. The lowest BCUT2D eigenvalue weighted by atomic mass is 10.6. The summed E-state index contributed by atoms with van der Waals surface area (Å²) in [6.45, 7) is 0. The first kappa shape index (κ1) is 7.14. The number of hydrogen-bond acceptors (Lipinski definition) is 2. The van der Waals surface area contributed by atoms with Crippen molar-refractivity contribution in [2.45, 2.75) is 0 Å². The highest BCUT2D eigenvalue weighted by Crippen LogP contribution is 1.79. The van der Waals surface area contributed by atoms with Crippen LogP contribution in [0.15, 0.2) is 12.3 Å². The number of halogens is 1. The van der Waals surface area contributed by atoms with Crippen LogP contribution in [-0.2, 0) is 4.79 Å². The van der Waals surface area contributed by atoms with Gasteiger partial charge in [0.15, 0.2) is 0 Å². The second-order valence-corrected chi connectivity index (χ2v) is 1.58. The molecular weight excluding hydrogens is 109 g/mol. The summed E-state index contributed by atoms with van der Waals surface area (Å²) in [6.07, 6.45) is 2.21. The van der Waals surface area contributed by atoms with Crippen molar-refractivity contribution < 1.29 is 9.18 Å². The van der Waals surface area contributed by atoms with E-state index < -0.39 is 6.04 Å². The molecule has 0 saturated heterocycles. The van der Waals surface area contributed by atoms with Crippen molar-refractivity contribution in [3.05, 3.63) is 12.3 Å². The lowest BCUT2D eigenvalue weighted by molar-refractivity contribution is -0.124. The number of allylic oxidation sites excluding steroid dienone is 1. The Bertz CT molecular complexity index is 109. The van der Waals surface area contributed by atoms with Gasteiger partial charge in [-0.15, -0.1) is 0 Å². The van der Waals surface area contributed by atoms with Gasteiger partial charge in [-0.1, -0.05) is 0 Å². The van der Waals surface area contributed by atoms with E-state index in [9.17, 15) is 9.18 Å². The molecule has 0 radical (unpaired) electrons. The van der Waals surface area contributed by atoms with E-state index in [4.69, 9.17) is 0 Å². The van der Waals surface area contributed by atoms with E-state index in [0.717, 1.165) is 6.08 Å². The molecule has 0 aliphatic carbocycles. The van der Waals surface area contributed by atoms with Gasteiger partial charge < -0.3 is 4.90 Å². The molecule has 46 valence electrons. The van der Waals surface area contributed by atoms with Crippen LogP contribution in [0, 0.1) is 0 Å². The summed E-state index contributed by atoms with van der Waals surface area (Å²) >= 11 is 0. The van der Waals surface area contributed by atoms with E-state index in [1.807, 2.05) is 0 Å². The van der Waals surface area contributed by atoms with Gasteiger partial charge in [-0.05, 0) is 0 Å². The molecule has 0 aliphatic heterocycles.